The second-order valence-corrected chi connectivity index (χ2v) is 11.4. The molecule has 246 valence electrons. The first-order chi connectivity index (χ1) is 20.9. The number of rotatable bonds is 14. The van der Waals surface area contributed by atoms with Gasteiger partial charge in [0.05, 0.1) is 0 Å². The molecule has 2 rings (SSSR count). The van der Waals surface area contributed by atoms with Gasteiger partial charge in [-0.1, -0.05) is 0 Å². The molecule has 0 saturated heterocycles. The summed E-state index contributed by atoms with van der Waals surface area (Å²) in [6.45, 7) is 8.24. The maximum atomic E-state index is 13.3. The number of amides is 5. The molecule has 16 heteroatoms. The summed E-state index contributed by atoms with van der Waals surface area (Å²) in [6.07, 6.45) is -0.819. The number of carbonyl (C=O) groups excluding carboxylic acids is 5. The molecule has 5 amide bonds. The first-order valence-corrected chi connectivity index (χ1v) is 14.2. The third kappa shape index (κ3) is 12.5. The summed E-state index contributed by atoms with van der Waals surface area (Å²) in [4.78, 5) is 78.7. The highest BCUT2D eigenvalue weighted by atomic mass is 16.6. The maximum absolute atomic E-state index is 13.3. The lowest BCUT2D eigenvalue weighted by atomic mass is 10.1. The van der Waals surface area contributed by atoms with Gasteiger partial charge in [-0.2, -0.15) is 0 Å². The number of ether oxygens (including phenoxy) is 1. The minimum atomic E-state index is -1.24. The third-order valence-corrected chi connectivity index (χ3v) is 6.24. The van der Waals surface area contributed by atoms with E-state index in [-0.39, 0.29) is 37.3 Å². The fourth-order valence-electron chi connectivity index (χ4n) is 4.09. The standard InChI is InChI=1S/C29H42N8O8/c1-15-13-23(39)44-21-14-17(8-9-18(15)21)35-26(42)19(7-6-12-33-27(31)32)36-24(40)16(2)34-25(41)20(10-11-22(30)38)37-28(43)45-29(3,4)5/h8-9,13-14,16,19-20H,6-7,10-12H2,1-5H3,(H2,30,38)(H,34,41)(H,35,42)(H,36,40)(H,37,43)(H4,31,32,33)/t16-,19-,20+/m0/s1. The molecule has 0 aliphatic heterocycles. The van der Waals surface area contributed by atoms with Gasteiger partial charge in [0.25, 0.3) is 0 Å². The molecule has 0 saturated carbocycles. The number of nitrogens with two attached hydrogens (primary N) is 3. The zero-order chi connectivity index (χ0) is 33.9. The van der Waals surface area contributed by atoms with Crippen molar-refractivity contribution in [3.8, 4) is 0 Å². The molecule has 0 bridgehead atoms. The normalized spacial score (nSPS) is 13.1. The van der Waals surface area contributed by atoms with Crippen LogP contribution in [0.2, 0.25) is 0 Å². The van der Waals surface area contributed by atoms with E-state index in [1.165, 1.54) is 19.1 Å². The van der Waals surface area contributed by atoms with Crippen molar-refractivity contribution in [2.75, 3.05) is 11.9 Å². The van der Waals surface area contributed by atoms with Crippen molar-refractivity contribution in [1.82, 2.24) is 16.0 Å². The van der Waals surface area contributed by atoms with E-state index < -0.39 is 59.1 Å². The van der Waals surface area contributed by atoms with Crippen LogP contribution < -0.4 is 44.1 Å². The Morgan fingerprint density at radius 2 is 1.60 bits per heavy atom. The van der Waals surface area contributed by atoms with Gasteiger partial charge in [-0.3, -0.25) is 24.2 Å². The Hall–Kier alpha value is -5.15. The van der Waals surface area contributed by atoms with Crippen molar-refractivity contribution >= 4 is 52.3 Å². The van der Waals surface area contributed by atoms with Gasteiger partial charge in [0.2, 0.25) is 23.6 Å². The number of fused-ring (bicyclic) bond motifs is 1. The quantitative estimate of drug-likeness (QED) is 0.0647. The molecule has 2 aromatic rings. The van der Waals surface area contributed by atoms with Gasteiger partial charge in [0.1, 0.15) is 29.3 Å². The fourth-order valence-corrected chi connectivity index (χ4v) is 4.09. The van der Waals surface area contributed by atoms with Crippen molar-refractivity contribution in [2.24, 2.45) is 22.2 Å². The lowest BCUT2D eigenvalue weighted by Gasteiger charge is -2.25. The molecule has 16 nitrogen and oxygen atoms in total. The predicted molar refractivity (Wildman–Crippen MR) is 167 cm³/mol. The summed E-state index contributed by atoms with van der Waals surface area (Å²) < 4.78 is 10.4. The molecular weight excluding hydrogens is 588 g/mol. The van der Waals surface area contributed by atoms with E-state index in [1.54, 1.807) is 39.8 Å². The van der Waals surface area contributed by atoms with E-state index in [0.717, 1.165) is 0 Å². The Bertz CT molecular complexity index is 1490. The Kier molecular flexibility index (Phi) is 12.9. The summed E-state index contributed by atoms with van der Waals surface area (Å²) in [5.74, 6) is -2.90. The number of hydrogen-bond donors (Lipinski definition) is 7. The van der Waals surface area contributed by atoms with Gasteiger partial charge in [-0.15, -0.1) is 0 Å². The molecule has 0 fully saturated rings. The number of carbonyl (C=O) groups is 5. The second kappa shape index (κ2) is 16.1. The molecule has 1 heterocycles. The summed E-state index contributed by atoms with van der Waals surface area (Å²) in [6, 6.07) is 2.67. The number of benzene rings is 1. The van der Waals surface area contributed by atoms with Crippen LogP contribution in [0.15, 0.2) is 38.5 Å². The number of guanidine groups is 1. The number of aliphatic imine (C=N–C) groups is 1. The van der Waals surface area contributed by atoms with E-state index in [9.17, 15) is 28.8 Å². The third-order valence-electron chi connectivity index (χ3n) is 6.24. The molecule has 0 spiro atoms. The summed E-state index contributed by atoms with van der Waals surface area (Å²) >= 11 is 0. The number of hydrogen-bond acceptors (Lipinski definition) is 9. The molecule has 0 aliphatic carbocycles. The van der Waals surface area contributed by atoms with Gasteiger partial charge in [-0.25, -0.2) is 9.59 Å². The first-order valence-electron chi connectivity index (χ1n) is 14.2. The van der Waals surface area contributed by atoms with Crippen molar-refractivity contribution in [2.45, 2.75) is 84.0 Å². The van der Waals surface area contributed by atoms with Crippen LogP contribution in [-0.4, -0.2) is 66.0 Å². The van der Waals surface area contributed by atoms with Crippen LogP contribution in [0.25, 0.3) is 11.0 Å². The fraction of sp³-hybridized carbons (Fsp3) is 0.483. The number of alkyl carbamates (subject to hydrolysis) is 1. The number of nitrogens with one attached hydrogen (secondary N) is 4. The van der Waals surface area contributed by atoms with Crippen LogP contribution in [-0.2, 0) is 23.9 Å². The minimum Gasteiger partial charge on any atom is -0.444 e. The number of primary amides is 1. The average Bonchev–Trinajstić information content (AvgIpc) is 2.90. The smallest absolute Gasteiger partial charge is 0.408 e. The lowest BCUT2D eigenvalue weighted by molar-refractivity contribution is -0.131. The highest BCUT2D eigenvalue weighted by Crippen LogP contribution is 2.21. The van der Waals surface area contributed by atoms with E-state index >= 15 is 0 Å². The van der Waals surface area contributed by atoms with Crippen LogP contribution in [0.4, 0.5) is 10.5 Å². The Balaban J connectivity index is 2.17. The Labute approximate surface area is 259 Å². The van der Waals surface area contributed by atoms with E-state index in [2.05, 4.69) is 26.3 Å². The lowest BCUT2D eigenvalue weighted by Crippen LogP contribution is -2.55. The van der Waals surface area contributed by atoms with Crippen molar-refractivity contribution in [3.63, 3.8) is 0 Å². The molecule has 45 heavy (non-hydrogen) atoms. The van der Waals surface area contributed by atoms with E-state index in [0.29, 0.717) is 23.1 Å². The molecular formula is C29H42N8O8. The van der Waals surface area contributed by atoms with E-state index in [1.807, 2.05) is 0 Å². The molecule has 0 unspecified atom stereocenters. The summed E-state index contributed by atoms with van der Waals surface area (Å²) in [5, 5.41) is 10.9. The van der Waals surface area contributed by atoms with Gasteiger partial charge in [0, 0.05) is 36.2 Å². The van der Waals surface area contributed by atoms with Crippen LogP contribution in [0.1, 0.15) is 58.9 Å². The number of aryl methyl sites for hydroxylation is 1. The Morgan fingerprint density at radius 1 is 0.933 bits per heavy atom. The largest absolute Gasteiger partial charge is 0.444 e. The predicted octanol–water partition coefficient (Wildman–Crippen LogP) is 0.242. The molecule has 1 aromatic carbocycles. The molecule has 1 aromatic heterocycles. The molecule has 10 N–H and O–H groups in total. The van der Waals surface area contributed by atoms with Crippen molar-refractivity contribution in [1.29, 1.82) is 0 Å². The molecule has 0 aliphatic rings. The zero-order valence-corrected chi connectivity index (χ0v) is 26.0. The highest BCUT2D eigenvalue weighted by molar-refractivity contribution is 6.00. The SMILES string of the molecule is Cc1cc(=O)oc2cc(NC(=O)[C@H](CCCN=C(N)N)NC(=O)[C@H](C)NC(=O)[C@@H](CCC(N)=O)NC(=O)OC(C)(C)C)ccc12. The molecule has 0 radical (unpaired) electrons. The highest BCUT2D eigenvalue weighted by Gasteiger charge is 2.29. The maximum Gasteiger partial charge on any atom is 0.408 e. The van der Waals surface area contributed by atoms with Gasteiger partial charge >= 0.3 is 11.7 Å². The van der Waals surface area contributed by atoms with Gasteiger partial charge in [-0.05, 0) is 71.6 Å². The van der Waals surface area contributed by atoms with Crippen LogP contribution in [0.5, 0.6) is 0 Å². The first kappa shape index (κ1) is 36.0. The Morgan fingerprint density at radius 3 is 2.22 bits per heavy atom. The zero-order valence-electron chi connectivity index (χ0n) is 26.0. The summed E-state index contributed by atoms with van der Waals surface area (Å²) in [5.41, 5.74) is 15.9. The van der Waals surface area contributed by atoms with Gasteiger partial charge in [0.15, 0.2) is 5.96 Å². The van der Waals surface area contributed by atoms with Gasteiger partial charge < -0.3 is 47.6 Å². The number of nitrogens with zero attached hydrogens (tertiary/aromatic N) is 1. The van der Waals surface area contributed by atoms with Crippen LogP contribution in [0, 0.1) is 6.92 Å². The summed E-state index contributed by atoms with van der Waals surface area (Å²) in [7, 11) is 0. The van der Waals surface area contributed by atoms with Crippen molar-refractivity contribution in [3.05, 3.63) is 40.2 Å². The molecule has 3 atom stereocenters. The van der Waals surface area contributed by atoms with Crippen molar-refractivity contribution < 1.29 is 33.1 Å². The van der Waals surface area contributed by atoms with Crippen LogP contribution in [0.3, 0.4) is 0 Å². The van der Waals surface area contributed by atoms with Crippen LogP contribution >= 0.6 is 0 Å². The van der Waals surface area contributed by atoms with E-state index in [4.69, 9.17) is 26.4 Å². The topological polar surface area (TPSA) is 263 Å². The minimum absolute atomic E-state index is 0.123. The number of anilines is 1. The second-order valence-electron chi connectivity index (χ2n) is 11.4. The average molecular weight is 631 g/mol. The monoisotopic (exact) mass is 630 g/mol.